The number of benzene rings is 2. The molecule has 6 heteroatoms. The Kier molecular flexibility index (Phi) is 12.1. The third kappa shape index (κ3) is 7.83. The summed E-state index contributed by atoms with van der Waals surface area (Å²) < 4.78 is 24.9. The van der Waals surface area contributed by atoms with Gasteiger partial charge in [-0.15, -0.1) is 0 Å². The molecule has 1 fully saturated rings. The van der Waals surface area contributed by atoms with E-state index in [2.05, 4.69) is 49.9 Å². The SMILES string of the molecule is CCCCc1oc2ccc(C(=O)OC(C)C)cc2c1C1(c2ccc(CCCN(CCCC)CCCC)cc2)OCCO1. The van der Waals surface area contributed by atoms with Crippen molar-refractivity contribution in [3.63, 3.8) is 0 Å². The maximum Gasteiger partial charge on any atom is 0.338 e. The van der Waals surface area contributed by atoms with Crippen LogP contribution in [0, 0.1) is 0 Å². The number of rotatable bonds is 17. The number of fused-ring (bicyclic) bond motifs is 1. The number of nitrogens with zero attached hydrogens (tertiary/aromatic N) is 1. The topological polar surface area (TPSA) is 61.1 Å². The molecule has 230 valence electrons. The van der Waals surface area contributed by atoms with Crippen LogP contribution in [0.1, 0.15) is 112 Å². The Labute approximate surface area is 252 Å². The van der Waals surface area contributed by atoms with Crippen LogP contribution in [0.5, 0.6) is 0 Å². The lowest BCUT2D eigenvalue weighted by Crippen LogP contribution is -2.30. The van der Waals surface area contributed by atoms with Crippen molar-refractivity contribution in [2.45, 2.75) is 104 Å². The van der Waals surface area contributed by atoms with Crippen LogP contribution < -0.4 is 0 Å². The van der Waals surface area contributed by atoms with Gasteiger partial charge in [0.1, 0.15) is 11.3 Å². The summed E-state index contributed by atoms with van der Waals surface area (Å²) in [6.07, 6.45) is 9.81. The molecule has 2 heterocycles. The predicted molar refractivity (Wildman–Crippen MR) is 169 cm³/mol. The summed E-state index contributed by atoms with van der Waals surface area (Å²) >= 11 is 0. The second-order valence-electron chi connectivity index (χ2n) is 11.8. The van der Waals surface area contributed by atoms with E-state index in [0.29, 0.717) is 18.8 Å². The van der Waals surface area contributed by atoms with Crippen LogP contribution in [0.25, 0.3) is 11.0 Å². The zero-order chi connectivity index (χ0) is 30.0. The Balaban J connectivity index is 1.61. The van der Waals surface area contributed by atoms with Crippen LogP contribution in [-0.4, -0.2) is 49.8 Å². The van der Waals surface area contributed by atoms with Gasteiger partial charge in [-0.1, -0.05) is 64.3 Å². The first-order valence-corrected chi connectivity index (χ1v) is 16.3. The highest BCUT2D eigenvalue weighted by Gasteiger charge is 2.45. The standard InChI is InChI=1S/C36H51NO5/c1-6-9-14-33-34(31-26-29(17-20-32(31)42-33)35(38)41-27(4)5)36(39-24-25-40-36)30-18-15-28(16-19-30)13-12-23-37(21-10-7-2)22-11-8-3/h15-20,26-27H,6-14,21-25H2,1-5H3. The van der Waals surface area contributed by atoms with E-state index in [-0.39, 0.29) is 12.1 Å². The molecular weight excluding hydrogens is 526 g/mol. The molecule has 1 aliphatic rings. The van der Waals surface area contributed by atoms with E-state index in [0.717, 1.165) is 66.5 Å². The van der Waals surface area contributed by atoms with Gasteiger partial charge in [0, 0.05) is 17.4 Å². The minimum Gasteiger partial charge on any atom is -0.461 e. The number of carbonyl (C=O) groups excluding carboxylic acids is 1. The van der Waals surface area contributed by atoms with Crippen molar-refractivity contribution in [1.82, 2.24) is 4.90 Å². The summed E-state index contributed by atoms with van der Waals surface area (Å²) in [4.78, 5) is 15.4. The molecule has 0 aliphatic carbocycles. The van der Waals surface area contributed by atoms with E-state index in [4.69, 9.17) is 18.6 Å². The van der Waals surface area contributed by atoms with Crippen LogP contribution in [0.4, 0.5) is 0 Å². The molecule has 3 aromatic rings. The number of hydrogen-bond acceptors (Lipinski definition) is 6. The first kappa shape index (κ1) is 32.2. The predicted octanol–water partition coefficient (Wildman–Crippen LogP) is 8.42. The number of esters is 1. The minimum absolute atomic E-state index is 0.195. The van der Waals surface area contributed by atoms with E-state index in [9.17, 15) is 4.79 Å². The second-order valence-corrected chi connectivity index (χ2v) is 11.8. The summed E-state index contributed by atoms with van der Waals surface area (Å²) in [7, 11) is 0. The lowest BCUT2D eigenvalue weighted by atomic mass is 9.91. The molecule has 0 atom stereocenters. The molecule has 0 amide bonds. The van der Waals surface area contributed by atoms with E-state index in [1.54, 1.807) is 6.07 Å². The Morgan fingerprint density at radius 2 is 1.50 bits per heavy atom. The third-order valence-electron chi connectivity index (χ3n) is 8.05. The van der Waals surface area contributed by atoms with Crippen molar-refractivity contribution in [3.8, 4) is 0 Å². The quantitative estimate of drug-likeness (QED) is 0.150. The van der Waals surface area contributed by atoms with Crippen molar-refractivity contribution < 1.29 is 23.4 Å². The monoisotopic (exact) mass is 577 g/mol. The number of aryl methyl sites for hydroxylation is 2. The lowest BCUT2D eigenvalue weighted by molar-refractivity contribution is -0.129. The van der Waals surface area contributed by atoms with Crippen molar-refractivity contribution in [1.29, 1.82) is 0 Å². The fourth-order valence-corrected chi connectivity index (χ4v) is 5.80. The second kappa shape index (κ2) is 15.7. The highest BCUT2D eigenvalue weighted by Crippen LogP contribution is 2.45. The minimum atomic E-state index is -1.08. The summed E-state index contributed by atoms with van der Waals surface area (Å²) in [5, 5.41) is 0.838. The summed E-state index contributed by atoms with van der Waals surface area (Å²) in [5.74, 6) is -0.569. The van der Waals surface area contributed by atoms with Gasteiger partial charge in [-0.25, -0.2) is 4.79 Å². The van der Waals surface area contributed by atoms with Crippen molar-refractivity contribution >= 4 is 16.9 Å². The van der Waals surface area contributed by atoms with Gasteiger partial charge in [0.25, 0.3) is 0 Å². The van der Waals surface area contributed by atoms with Gasteiger partial charge in [-0.2, -0.15) is 0 Å². The fraction of sp³-hybridized carbons (Fsp3) is 0.583. The van der Waals surface area contributed by atoms with Gasteiger partial charge in [0.2, 0.25) is 5.79 Å². The Bertz CT molecular complexity index is 1250. The van der Waals surface area contributed by atoms with Crippen LogP contribution in [0.15, 0.2) is 46.9 Å². The Morgan fingerprint density at radius 3 is 2.12 bits per heavy atom. The molecule has 0 saturated carbocycles. The number of carbonyl (C=O) groups is 1. The van der Waals surface area contributed by atoms with Crippen LogP contribution in [0.2, 0.25) is 0 Å². The molecule has 2 aromatic carbocycles. The number of furan rings is 1. The molecule has 0 bridgehead atoms. The molecule has 0 unspecified atom stereocenters. The third-order valence-corrected chi connectivity index (χ3v) is 8.05. The number of hydrogen-bond donors (Lipinski definition) is 0. The van der Waals surface area contributed by atoms with Gasteiger partial charge >= 0.3 is 5.97 Å². The van der Waals surface area contributed by atoms with Gasteiger partial charge in [-0.3, -0.25) is 0 Å². The van der Waals surface area contributed by atoms with Gasteiger partial charge in [0.15, 0.2) is 0 Å². The van der Waals surface area contributed by atoms with Gasteiger partial charge in [0.05, 0.1) is 30.4 Å². The summed E-state index contributed by atoms with van der Waals surface area (Å²) in [6.45, 7) is 14.9. The van der Waals surface area contributed by atoms with Crippen molar-refractivity contribution in [3.05, 3.63) is 70.5 Å². The maximum absolute atomic E-state index is 12.8. The molecule has 4 rings (SSSR count). The zero-order valence-corrected chi connectivity index (χ0v) is 26.5. The van der Waals surface area contributed by atoms with Crippen LogP contribution >= 0.6 is 0 Å². The molecule has 0 radical (unpaired) electrons. The van der Waals surface area contributed by atoms with E-state index < -0.39 is 5.79 Å². The van der Waals surface area contributed by atoms with Crippen molar-refractivity contribution in [2.75, 3.05) is 32.8 Å². The van der Waals surface area contributed by atoms with Crippen LogP contribution in [0.3, 0.4) is 0 Å². The number of ether oxygens (including phenoxy) is 3. The average molecular weight is 578 g/mol. The van der Waals surface area contributed by atoms with E-state index in [1.165, 1.54) is 44.3 Å². The van der Waals surface area contributed by atoms with Gasteiger partial charge < -0.3 is 23.5 Å². The van der Waals surface area contributed by atoms with E-state index in [1.807, 2.05) is 26.0 Å². The normalized spacial score (nSPS) is 14.8. The van der Waals surface area contributed by atoms with E-state index >= 15 is 0 Å². The first-order valence-electron chi connectivity index (χ1n) is 16.3. The molecule has 42 heavy (non-hydrogen) atoms. The Morgan fingerprint density at radius 1 is 0.857 bits per heavy atom. The zero-order valence-electron chi connectivity index (χ0n) is 26.5. The smallest absolute Gasteiger partial charge is 0.338 e. The first-order chi connectivity index (χ1) is 20.4. The number of unbranched alkanes of at least 4 members (excludes halogenated alkanes) is 3. The van der Waals surface area contributed by atoms with Crippen LogP contribution in [-0.2, 0) is 32.8 Å². The average Bonchev–Trinajstić information content (AvgIpc) is 3.62. The molecule has 1 saturated heterocycles. The summed E-state index contributed by atoms with van der Waals surface area (Å²) in [5.41, 5.74) is 4.36. The molecule has 0 N–H and O–H groups in total. The molecule has 6 nitrogen and oxygen atoms in total. The Hall–Kier alpha value is -2.67. The largest absolute Gasteiger partial charge is 0.461 e. The molecule has 1 aromatic heterocycles. The highest BCUT2D eigenvalue weighted by atomic mass is 16.7. The fourth-order valence-electron chi connectivity index (χ4n) is 5.80. The lowest BCUT2D eigenvalue weighted by Gasteiger charge is -2.29. The molecule has 0 spiro atoms. The maximum atomic E-state index is 12.8. The highest BCUT2D eigenvalue weighted by molar-refractivity contribution is 5.96. The molecule has 1 aliphatic heterocycles. The van der Waals surface area contributed by atoms with Gasteiger partial charge in [-0.05, 0) is 89.3 Å². The van der Waals surface area contributed by atoms with Crippen molar-refractivity contribution in [2.24, 2.45) is 0 Å². The molecular formula is C36H51NO5. The summed E-state index contributed by atoms with van der Waals surface area (Å²) in [6, 6.07) is 14.2.